The van der Waals surface area contributed by atoms with E-state index < -0.39 is 10.8 Å². The molecule has 0 aliphatic heterocycles. The number of anilines is 1. The van der Waals surface area contributed by atoms with Gasteiger partial charge in [-0.15, -0.1) is 0 Å². The fourth-order valence-electron chi connectivity index (χ4n) is 1.48. The monoisotopic (exact) mass is 389 g/mol. The van der Waals surface area contributed by atoms with Crippen LogP contribution in [-0.4, -0.2) is 15.8 Å². The fourth-order valence-corrected chi connectivity index (χ4v) is 2.06. The minimum atomic E-state index is -0.659. The van der Waals surface area contributed by atoms with Crippen LogP contribution in [-0.2, 0) is 0 Å². The van der Waals surface area contributed by atoms with Crippen LogP contribution < -0.4 is 5.32 Å². The second-order valence-corrected chi connectivity index (χ2v) is 5.49. The van der Waals surface area contributed by atoms with E-state index >= 15 is 0 Å². The molecule has 1 heterocycles. The summed E-state index contributed by atoms with van der Waals surface area (Å²) in [6.07, 6.45) is 0. The lowest BCUT2D eigenvalue weighted by Crippen LogP contribution is -2.14. The van der Waals surface area contributed by atoms with Crippen molar-refractivity contribution in [3.8, 4) is 0 Å². The highest BCUT2D eigenvalue weighted by Crippen LogP contribution is 2.26. The van der Waals surface area contributed by atoms with E-state index in [1.54, 1.807) is 6.07 Å². The van der Waals surface area contributed by atoms with E-state index in [4.69, 9.17) is 23.2 Å². The third-order valence-corrected chi connectivity index (χ3v) is 3.89. The van der Waals surface area contributed by atoms with E-state index in [0.29, 0.717) is 9.50 Å². The second kappa shape index (κ2) is 6.38. The third-order valence-electron chi connectivity index (χ3n) is 2.45. The van der Waals surface area contributed by atoms with Crippen molar-refractivity contribution in [3.05, 3.63) is 60.7 Å². The van der Waals surface area contributed by atoms with Gasteiger partial charge in [-0.25, -0.2) is 4.98 Å². The molecule has 1 aromatic heterocycles. The first kappa shape index (κ1) is 15.7. The Morgan fingerprint density at radius 1 is 1.29 bits per heavy atom. The SMILES string of the molecule is O=C(Nc1nc(Cl)ccc1[N+](=O)[O-])c1ccc(Br)c(Cl)c1. The molecule has 1 N–H and O–H groups in total. The minimum Gasteiger partial charge on any atom is -0.301 e. The van der Waals surface area contributed by atoms with E-state index in [9.17, 15) is 14.9 Å². The van der Waals surface area contributed by atoms with Gasteiger partial charge in [0.15, 0.2) is 0 Å². The Labute approximate surface area is 137 Å². The maximum absolute atomic E-state index is 12.1. The molecule has 2 rings (SSSR count). The van der Waals surface area contributed by atoms with Gasteiger partial charge < -0.3 is 5.32 Å². The van der Waals surface area contributed by atoms with Gasteiger partial charge in [-0.3, -0.25) is 14.9 Å². The molecule has 0 saturated heterocycles. The molecule has 0 aliphatic carbocycles. The summed E-state index contributed by atoms with van der Waals surface area (Å²) in [6, 6.07) is 6.97. The predicted octanol–water partition coefficient (Wildman–Crippen LogP) is 4.31. The highest BCUT2D eigenvalue weighted by atomic mass is 79.9. The maximum atomic E-state index is 12.1. The number of halogens is 3. The molecule has 0 bridgehead atoms. The summed E-state index contributed by atoms with van der Waals surface area (Å²) in [4.78, 5) is 26.1. The molecule has 1 amide bonds. The normalized spacial score (nSPS) is 10.2. The van der Waals surface area contributed by atoms with Crippen LogP contribution in [0.3, 0.4) is 0 Å². The lowest BCUT2D eigenvalue weighted by Gasteiger charge is -2.06. The standard InChI is InChI=1S/C12H6BrCl2N3O3/c13-7-2-1-6(5-8(7)14)12(19)17-11-9(18(20)21)3-4-10(15)16-11/h1-5H,(H,16,17,19). The lowest BCUT2D eigenvalue weighted by atomic mass is 10.2. The molecule has 21 heavy (non-hydrogen) atoms. The number of carbonyl (C=O) groups excluding carboxylic acids is 1. The number of rotatable bonds is 3. The number of hydrogen-bond acceptors (Lipinski definition) is 4. The molecular formula is C12H6BrCl2N3O3. The van der Waals surface area contributed by atoms with Crippen molar-refractivity contribution in [2.45, 2.75) is 0 Å². The van der Waals surface area contributed by atoms with Gasteiger partial charge in [0.2, 0.25) is 5.82 Å². The van der Waals surface area contributed by atoms with Crippen molar-refractivity contribution >= 4 is 56.5 Å². The van der Waals surface area contributed by atoms with Gasteiger partial charge in [0.05, 0.1) is 9.95 Å². The molecule has 6 nitrogen and oxygen atoms in total. The average Bonchev–Trinajstić information content (AvgIpc) is 2.41. The summed E-state index contributed by atoms with van der Waals surface area (Å²) in [7, 11) is 0. The van der Waals surface area contributed by atoms with Gasteiger partial charge in [0.1, 0.15) is 5.15 Å². The van der Waals surface area contributed by atoms with Crippen molar-refractivity contribution in [1.82, 2.24) is 4.98 Å². The van der Waals surface area contributed by atoms with Gasteiger partial charge >= 0.3 is 5.69 Å². The number of benzene rings is 1. The van der Waals surface area contributed by atoms with Crippen molar-refractivity contribution in [1.29, 1.82) is 0 Å². The van der Waals surface area contributed by atoms with E-state index in [2.05, 4.69) is 26.2 Å². The van der Waals surface area contributed by atoms with Crippen molar-refractivity contribution in [2.24, 2.45) is 0 Å². The molecule has 108 valence electrons. The Morgan fingerprint density at radius 3 is 2.62 bits per heavy atom. The Balaban J connectivity index is 2.33. The van der Waals surface area contributed by atoms with E-state index in [1.807, 2.05) is 0 Å². The number of nitrogens with one attached hydrogen (secondary N) is 1. The zero-order valence-electron chi connectivity index (χ0n) is 10.1. The Bertz CT molecular complexity index is 740. The number of hydrogen-bond donors (Lipinski definition) is 1. The van der Waals surface area contributed by atoms with Crippen LogP contribution in [0.4, 0.5) is 11.5 Å². The van der Waals surface area contributed by atoms with Crippen molar-refractivity contribution in [3.63, 3.8) is 0 Å². The molecule has 0 aliphatic rings. The fraction of sp³-hybridized carbons (Fsp3) is 0. The second-order valence-electron chi connectivity index (χ2n) is 3.84. The summed E-state index contributed by atoms with van der Waals surface area (Å²) in [5, 5.41) is 13.6. The van der Waals surface area contributed by atoms with Crippen LogP contribution in [0.25, 0.3) is 0 Å². The summed E-state index contributed by atoms with van der Waals surface area (Å²) in [5.41, 5.74) is -0.116. The largest absolute Gasteiger partial charge is 0.311 e. The zero-order valence-corrected chi connectivity index (χ0v) is 13.2. The highest BCUT2D eigenvalue weighted by molar-refractivity contribution is 9.10. The molecule has 0 fully saturated rings. The third kappa shape index (κ3) is 3.69. The molecule has 0 spiro atoms. The number of pyridine rings is 1. The maximum Gasteiger partial charge on any atom is 0.311 e. The van der Waals surface area contributed by atoms with Crippen LogP contribution in [0.5, 0.6) is 0 Å². The summed E-state index contributed by atoms with van der Waals surface area (Å²) in [5.74, 6) is -0.807. The van der Waals surface area contributed by atoms with Gasteiger partial charge in [-0.1, -0.05) is 23.2 Å². The van der Waals surface area contributed by atoms with Crippen molar-refractivity contribution in [2.75, 3.05) is 5.32 Å². The number of carbonyl (C=O) groups is 1. The first-order valence-corrected chi connectivity index (χ1v) is 7.00. The summed E-state index contributed by atoms with van der Waals surface area (Å²) >= 11 is 14.8. The molecule has 0 atom stereocenters. The molecular weight excluding hydrogens is 385 g/mol. The Kier molecular flexibility index (Phi) is 4.76. The number of nitro groups is 1. The molecule has 0 radical (unpaired) electrons. The molecule has 9 heteroatoms. The van der Waals surface area contributed by atoms with E-state index in [0.717, 1.165) is 0 Å². The zero-order chi connectivity index (χ0) is 15.6. The molecule has 0 saturated carbocycles. The van der Waals surface area contributed by atoms with Crippen LogP contribution >= 0.6 is 39.1 Å². The van der Waals surface area contributed by atoms with Crippen LogP contribution in [0.2, 0.25) is 10.2 Å². The van der Waals surface area contributed by atoms with Gasteiger partial charge in [0.25, 0.3) is 5.91 Å². The van der Waals surface area contributed by atoms with E-state index in [1.165, 1.54) is 24.3 Å². The van der Waals surface area contributed by atoms with Crippen LogP contribution in [0.15, 0.2) is 34.8 Å². The van der Waals surface area contributed by atoms with E-state index in [-0.39, 0.29) is 22.2 Å². The molecule has 2 aromatic rings. The molecule has 1 aromatic carbocycles. The predicted molar refractivity (Wildman–Crippen MR) is 83.0 cm³/mol. The first-order valence-electron chi connectivity index (χ1n) is 5.46. The topological polar surface area (TPSA) is 85.1 Å². The lowest BCUT2D eigenvalue weighted by molar-refractivity contribution is -0.384. The summed E-state index contributed by atoms with van der Waals surface area (Å²) in [6.45, 7) is 0. The van der Waals surface area contributed by atoms with Crippen LogP contribution in [0.1, 0.15) is 10.4 Å². The average molecular weight is 391 g/mol. The first-order chi connectivity index (χ1) is 9.88. The Hall–Kier alpha value is -1.70. The smallest absolute Gasteiger partial charge is 0.301 e. The minimum absolute atomic E-state index is 0.0322. The van der Waals surface area contributed by atoms with Gasteiger partial charge in [0, 0.05) is 16.1 Å². The number of aromatic nitrogens is 1. The van der Waals surface area contributed by atoms with Gasteiger partial charge in [-0.2, -0.15) is 0 Å². The quantitative estimate of drug-likeness (QED) is 0.480. The molecule has 0 unspecified atom stereocenters. The number of nitrogens with zero attached hydrogens (tertiary/aromatic N) is 2. The Morgan fingerprint density at radius 2 is 2.00 bits per heavy atom. The van der Waals surface area contributed by atoms with Crippen LogP contribution in [0, 0.1) is 10.1 Å². The van der Waals surface area contributed by atoms with Crippen molar-refractivity contribution < 1.29 is 9.72 Å². The number of amides is 1. The summed E-state index contributed by atoms with van der Waals surface area (Å²) < 4.78 is 0.632. The highest BCUT2D eigenvalue weighted by Gasteiger charge is 2.19. The van der Waals surface area contributed by atoms with Gasteiger partial charge in [-0.05, 0) is 40.2 Å².